The fourth-order valence-corrected chi connectivity index (χ4v) is 10.7. The van der Waals surface area contributed by atoms with E-state index in [1.54, 1.807) is 0 Å². The molecule has 0 spiro atoms. The van der Waals surface area contributed by atoms with Crippen LogP contribution in [0.25, 0.3) is 88.0 Å². The zero-order valence-electron chi connectivity index (χ0n) is 31.9. The highest BCUT2D eigenvalue weighted by Gasteiger charge is 2.45. The Hall–Kier alpha value is -6.52. The van der Waals surface area contributed by atoms with Crippen molar-refractivity contribution in [3.8, 4) is 44.5 Å². The Bertz CT molecular complexity index is 3260. The molecule has 4 heterocycles. The Morgan fingerprint density at radius 1 is 0.482 bits per heavy atom. The van der Waals surface area contributed by atoms with Crippen LogP contribution in [-0.4, -0.2) is 21.2 Å². The van der Waals surface area contributed by atoms with Gasteiger partial charge in [0.05, 0.1) is 22.2 Å². The molecule has 266 valence electrons. The van der Waals surface area contributed by atoms with Crippen molar-refractivity contribution >= 4 is 55.4 Å². The van der Waals surface area contributed by atoms with E-state index in [2.05, 4.69) is 119 Å². The Morgan fingerprint density at radius 2 is 1.12 bits per heavy atom. The zero-order valence-corrected chi connectivity index (χ0v) is 31.9. The van der Waals surface area contributed by atoms with Gasteiger partial charge < -0.3 is 0 Å². The summed E-state index contributed by atoms with van der Waals surface area (Å²) >= 11 is 0. The van der Waals surface area contributed by atoms with Crippen molar-refractivity contribution in [2.24, 2.45) is 4.99 Å². The van der Waals surface area contributed by atoms with Crippen molar-refractivity contribution in [1.82, 2.24) is 15.0 Å². The minimum Gasteiger partial charge on any atom is -0.259 e. The Morgan fingerprint density at radius 3 is 1.95 bits per heavy atom. The number of hydrogen-bond acceptors (Lipinski definition) is 4. The van der Waals surface area contributed by atoms with E-state index < -0.39 is 0 Å². The van der Waals surface area contributed by atoms with Crippen LogP contribution in [0.5, 0.6) is 0 Å². The summed E-state index contributed by atoms with van der Waals surface area (Å²) in [6.45, 7) is 9.76. The summed E-state index contributed by atoms with van der Waals surface area (Å²) in [7, 11) is 0. The predicted molar refractivity (Wildman–Crippen MR) is 232 cm³/mol. The van der Waals surface area contributed by atoms with Gasteiger partial charge in [0, 0.05) is 51.8 Å². The third-order valence-electron chi connectivity index (χ3n) is 13.2. The quantitative estimate of drug-likeness (QED) is 0.167. The molecule has 0 N–H and O–H groups in total. The average Bonchev–Trinajstić information content (AvgIpc) is 3.47. The maximum atomic E-state index is 4.84. The van der Waals surface area contributed by atoms with E-state index >= 15 is 0 Å². The monoisotopic (exact) mass is 718 g/mol. The molecule has 0 saturated carbocycles. The largest absolute Gasteiger partial charge is 0.259 e. The second-order valence-electron chi connectivity index (χ2n) is 16.9. The van der Waals surface area contributed by atoms with Crippen molar-refractivity contribution in [2.45, 2.75) is 51.4 Å². The number of aryl methyl sites for hydroxylation is 1. The molecule has 0 atom stereocenters. The van der Waals surface area contributed by atoms with Gasteiger partial charge in [-0.2, -0.15) is 0 Å². The molecular weight excluding hydrogens is 681 g/mol. The van der Waals surface area contributed by atoms with Crippen molar-refractivity contribution in [1.29, 1.82) is 0 Å². The summed E-state index contributed by atoms with van der Waals surface area (Å²) in [5, 5.41) is 6.01. The van der Waals surface area contributed by atoms with E-state index in [1.165, 1.54) is 83.1 Å². The first-order valence-electron chi connectivity index (χ1n) is 19.8. The van der Waals surface area contributed by atoms with Crippen LogP contribution in [-0.2, 0) is 17.3 Å². The third-order valence-corrected chi connectivity index (χ3v) is 13.2. The van der Waals surface area contributed by atoms with Crippen molar-refractivity contribution in [2.75, 3.05) is 0 Å². The van der Waals surface area contributed by atoms with Gasteiger partial charge in [0.25, 0.3) is 0 Å². The second kappa shape index (κ2) is 11.0. The van der Waals surface area contributed by atoms with Crippen LogP contribution in [0.1, 0.15) is 61.9 Å². The normalized spacial score (nSPS) is 15.6. The molecule has 0 saturated heterocycles. The highest BCUT2D eigenvalue weighted by Crippen LogP contribution is 2.59. The van der Waals surface area contributed by atoms with E-state index in [9.17, 15) is 0 Å². The van der Waals surface area contributed by atoms with Crippen molar-refractivity contribution in [3.05, 3.63) is 156 Å². The molecule has 1 aliphatic heterocycles. The fraction of sp³-hybridized carbons (Fsp3) is 0.154. The highest BCUT2D eigenvalue weighted by molar-refractivity contribution is 6.16. The fourth-order valence-electron chi connectivity index (χ4n) is 10.7. The van der Waals surface area contributed by atoms with Crippen molar-refractivity contribution in [3.63, 3.8) is 0 Å². The van der Waals surface area contributed by atoms with Crippen LogP contribution in [0.4, 0.5) is 5.69 Å². The topological polar surface area (TPSA) is 51.0 Å². The number of nitrogens with zero attached hydrogens (tertiary/aromatic N) is 4. The van der Waals surface area contributed by atoms with Crippen molar-refractivity contribution < 1.29 is 0 Å². The molecule has 56 heavy (non-hydrogen) atoms. The number of aliphatic imine (C=N–C) groups is 1. The van der Waals surface area contributed by atoms with Crippen LogP contribution in [0.2, 0.25) is 0 Å². The third kappa shape index (κ3) is 4.08. The molecule has 0 radical (unpaired) electrons. The molecule has 0 amide bonds. The summed E-state index contributed by atoms with van der Waals surface area (Å²) in [4.78, 5) is 19.2. The van der Waals surface area contributed by atoms with Crippen LogP contribution >= 0.6 is 0 Å². The maximum absolute atomic E-state index is 4.84. The lowest BCUT2D eigenvalue weighted by molar-refractivity contribution is 0.591. The predicted octanol–water partition coefficient (Wildman–Crippen LogP) is 13.1. The van der Waals surface area contributed by atoms with E-state index in [1.807, 2.05) is 43.0 Å². The second-order valence-corrected chi connectivity index (χ2v) is 16.9. The number of fused-ring (bicyclic) bond motifs is 12. The Labute approximate surface area is 325 Å². The lowest BCUT2D eigenvalue weighted by atomic mass is 9.63. The Kier molecular flexibility index (Phi) is 6.27. The highest BCUT2D eigenvalue weighted by atomic mass is 14.8. The Balaban J connectivity index is 1.06. The SMILES string of the molecule is CC1(C)c2cc(-c3cc4c(c5ncccc35)N=CCC4)ccc2-c2ccc3c(c21)C(C)(C)c1cccc2c(-c4cc5cccnc5c5ncccc45)ccc-3c12. The number of rotatable bonds is 2. The van der Waals surface area contributed by atoms with Crippen LogP contribution in [0.15, 0.2) is 133 Å². The van der Waals surface area contributed by atoms with Gasteiger partial charge in [-0.15, -0.1) is 0 Å². The summed E-state index contributed by atoms with van der Waals surface area (Å²) in [5.74, 6) is 0. The van der Waals surface area contributed by atoms with Gasteiger partial charge in [-0.1, -0.05) is 100 Å². The first kappa shape index (κ1) is 31.8. The first-order chi connectivity index (χ1) is 27.3. The van der Waals surface area contributed by atoms with Gasteiger partial charge in [-0.3, -0.25) is 19.9 Å². The minimum absolute atomic E-state index is 0.216. The zero-order chi connectivity index (χ0) is 37.5. The molecule has 0 bridgehead atoms. The van der Waals surface area contributed by atoms with Gasteiger partial charge in [0.2, 0.25) is 0 Å². The molecule has 9 aromatic rings. The number of pyridine rings is 3. The average molecular weight is 719 g/mol. The lowest BCUT2D eigenvalue weighted by Crippen LogP contribution is -2.29. The molecule has 0 fully saturated rings. The number of aromatic nitrogens is 3. The molecular formula is C52H38N4. The molecule has 12 rings (SSSR count). The molecule has 2 aliphatic carbocycles. The van der Waals surface area contributed by atoms with E-state index in [0.29, 0.717) is 0 Å². The van der Waals surface area contributed by atoms with E-state index in [4.69, 9.17) is 19.9 Å². The number of hydrogen-bond donors (Lipinski definition) is 0. The lowest BCUT2D eigenvalue weighted by Gasteiger charge is -2.40. The summed E-state index contributed by atoms with van der Waals surface area (Å²) in [6.07, 6.45) is 9.62. The van der Waals surface area contributed by atoms with Gasteiger partial charge in [-0.25, -0.2) is 0 Å². The molecule has 6 aromatic carbocycles. The molecule has 0 unspecified atom stereocenters. The van der Waals surface area contributed by atoms with Gasteiger partial charge in [0.1, 0.15) is 0 Å². The van der Waals surface area contributed by atoms with Gasteiger partial charge in [-0.05, 0) is 132 Å². The first-order valence-corrected chi connectivity index (χ1v) is 19.8. The van der Waals surface area contributed by atoms with Crippen LogP contribution in [0.3, 0.4) is 0 Å². The van der Waals surface area contributed by atoms with E-state index in [0.717, 1.165) is 51.2 Å². The number of benzene rings is 6. The van der Waals surface area contributed by atoms with E-state index in [-0.39, 0.29) is 10.8 Å². The minimum atomic E-state index is -0.244. The summed E-state index contributed by atoms with van der Waals surface area (Å²) in [5.41, 5.74) is 20.6. The molecule has 3 aromatic heterocycles. The summed E-state index contributed by atoms with van der Waals surface area (Å²) in [6, 6.07) is 41.0. The molecule has 4 heteroatoms. The van der Waals surface area contributed by atoms with Gasteiger partial charge >= 0.3 is 0 Å². The molecule has 3 aliphatic rings. The van der Waals surface area contributed by atoms with Crippen LogP contribution < -0.4 is 0 Å². The smallest absolute Gasteiger partial charge is 0.0970 e. The summed E-state index contributed by atoms with van der Waals surface area (Å²) < 4.78 is 0. The van der Waals surface area contributed by atoms with Crippen LogP contribution in [0, 0.1) is 0 Å². The standard InChI is InChI=1S/C52H38N4/c1-51(2)42-15-5-12-34-32(41-27-31-11-7-23-54-48(31)50-39(41)14-9-25-56-50)18-19-35(44(34)42)37-21-20-36-33-17-16-29(28-43(33)52(3,4)45(36)46(37)51)40-26-30-10-6-22-53-47(30)49-38(40)13-8-24-55-49/h5,7-9,11-28H,6,10H2,1-4H3. The van der Waals surface area contributed by atoms with Gasteiger partial charge in [0.15, 0.2) is 0 Å². The maximum Gasteiger partial charge on any atom is 0.0970 e. The molecule has 4 nitrogen and oxygen atoms in total.